The van der Waals surface area contributed by atoms with E-state index in [2.05, 4.69) is 0 Å². The first kappa shape index (κ1) is 14.8. The van der Waals surface area contributed by atoms with Crippen LogP contribution in [0.15, 0.2) is 29.2 Å². The Kier molecular flexibility index (Phi) is 4.29. The molecule has 0 radical (unpaired) electrons. The molecular formula is C13H18N2O4S. The van der Waals surface area contributed by atoms with Crippen LogP contribution in [0.4, 0.5) is 4.79 Å². The number of carbonyl (C=O) groups is 1. The van der Waals surface area contributed by atoms with Gasteiger partial charge in [-0.05, 0) is 42.9 Å². The van der Waals surface area contributed by atoms with E-state index in [0.29, 0.717) is 19.0 Å². The number of amides is 1. The predicted molar refractivity (Wildman–Crippen MR) is 73.8 cm³/mol. The van der Waals surface area contributed by atoms with Crippen molar-refractivity contribution in [3.8, 4) is 0 Å². The van der Waals surface area contributed by atoms with E-state index in [1.54, 1.807) is 12.1 Å². The number of hydrogen-bond donors (Lipinski definition) is 2. The highest BCUT2D eigenvalue weighted by molar-refractivity contribution is 7.89. The molecule has 2 rings (SSSR count). The number of carboxylic acid groups (broad SMARTS) is 1. The first-order valence-electron chi connectivity index (χ1n) is 6.46. The van der Waals surface area contributed by atoms with Gasteiger partial charge in [-0.15, -0.1) is 0 Å². The second kappa shape index (κ2) is 5.80. The summed E-state index contributed by atoms with van der Waals surface area (Å²) in [5.41, 5.74) is 1.05. The molecule has 1 saturated heterocycles. The molecule has 0 bridgehead atoms. The molecule has 7 heteroatoms. The number of sulfonamides is 1. The minimum absolute atomic E-state index is 0.113. The van der Waals surface area contributed by atoms with Crippen molar-refractivity contribution in [1.29, 1.82) is 0 Å². The number of primary sulfonamides is 1. The molecule has 0 atom stereocenters. The average Bonchev–Trinajstić information content (AvgIpc) is 2.39. The fourth-order valence-electron chi connectivity index (χ4n) is 2.48. The van der Waals surface area contributed by atoms with Gasteiger partial charge < -0.3 is 10.0 Å². The van der Waals surface area contributed by atoms with Crippen molar-refractivity contribution in [2.45, 2.75) is 24.2 Å². The topological polar surface area (TPSA) is 101 Å². The highest BCUT2D eigenvalue weighted by Crippen LogP contribution is 2.22. The lowest BCUT2D eigenvalue weighted by atomic mass is 9.90. The van der Waals surface area contributed by atoms with Crippen molar-refractivity contribution in [1.82, 2.24) is 4.90 Å². The van der Waals surface area contributed by atoms with Crippen LogP contribution in [0.3, 0.4) is 0 Å². The monoisotopic (exact) mass is 298 g/mol. The number of nitrogens with zero attached hydrogens (tertiary/aromatic N) is 1. The fourth-order valence-corrected chi connectivity index (χ4v) is 2.99. The van der Waals surface area contributed by atoms with E-state index in [9.17, 15) is 13.2 Å². The molecule has 0 aromatic heterocycles. The second-order valence-electron chi connectivity index (χ2n) is 5.11. The first-order chi connectivity index (χ1) is 9.36. The summed E-state index contributed by atoms with van der Waals surface area (Å²) in [5, 5.41) is 13.9. The quantitative estimate of drug-likeness (QED) is 0.877. The zero-order valence-corrected chi connectivity index (χ0v) is 11.8. The average molecular weight is 298 g/mol. The molecule has 1 aromatic carbocycles. The Balaban J connectivity index is 1.93. The van der Waals surface area contributed by atoms with E-state index in [-0.39, 0.29) is 4.90 Å². The van der Waals surface area contributed by atoms with Gasteiger partial charge in [-0.25, -0.2) is 18.4 Å². The largest absolute Gasteiger partial charge is 0.465 e. The lowest BCUT2D eigenvalue weighted by Gasteiger charge is -2.30. The normalized spacial score (nSPS) is 17.1. The minimum atomic E-state index is -3.64. The minimum Gasteiger partial charge on any atom is -0.465 e. The molecule has 3 N–H and O–H groups in total. The Labute approximate surface area is 118 Å². The summed E-state index contributed by atoms with van der Waals surface area (Å²) in [6, 6.07) is 6.56. The molecule has 0 spiro atoms. The number of hydrogen-bond acceptors (Lipinski definition) is 3. The Morgan fingerprint density at radius 3 is 2.25 bits per heavy atom. The summed E-state index contributed by atoms with van der Waals surface area (Å²) in [6.45, 7) is 1.13. The van der Waals surface area contributed by atoms with Crippen LogP contribution in [-0.4, -0.2) is 37.6 Å². The van der Waals surface area contributed by atoms with Crippen molar-refractivity contribution in [2.24, 2.45) is 11.1 Å². The lowest BCUT2D eigenvalue weighted by Crippen LogP contribution is -2.37. The van der Waals surface area contributed by atoms with Crippen molar-refractivity contribution >= 4 is 16.1 Å². The van der Waals surface area contributed by atoms with E-state index in [1.165, 1.54) is 17.0 Å². The fraction of sp³-hybridized carbons (Fsp3) is 0.462. The maximum absolute atomic E-state index is 11.2. The van der Waals surface area contributed by atoms with Crippen molar-refractivity contribution in [3.63, 3.8) is 0 Å². The van der Waals surface area contributed by atoms with Crippen LogP contribution in [0.5, 0.6) is 0 Å². The Hall–Kier alpha value is -1.60. The molecule has 6 nitrogen and oxygen atoms in total. The molecule has 1 aromatic rings. The van der Waals surface area contributed by atoms with Gasteiger partial charge >= 0.3 is 6.09 Å². The summed E-state index contributed by atoms with van der Waals surface area (Å²) in [6.07, 6.45) is 1.64. The summed E-state index contributed by atoms with van der Waals surface area (Å²) in [7, 11) is -3.64. The van der Waals surface area contributed by atoms with E-state index < -0.39 is 16.1 Å². The van der Waals surface area contributed by atoms with Crippen molar-refractivity contribution in [2.75, 3.05) is 13.1 Å². The predicted octanol–water partition coefficient (Wildman–Crippen LogP) is 1.27. The SMILES string of the molecule is NS(=O)(=O)c1ccc(CC2CCN(C(=O)O)CC2)cc1. The molecule has 0 saturated carbocycles. The van der Waals surface area contributed by atoms with Gasteiger partial charge in [-0.3, -0.25) is 0 Å². The van der Waals surface area contributed by atoms with Crippen LogP contribution in [0, 0.1) is 5.92 Å². The third kappa shape index (κ3) is 3.71. The molecule has 0 unspecified atom stereocenters. The van der Waals surface area contributed by atoms with E-state index >= 15 is 0 Å². The molecule has 1 aliphatic heterocycles. The standard InChI is InChI=1S/C13H18N2O4S/c14-20(18,19)12-3-1-10(2-4-12)9-11-5-7-15(8-6-11)13(16)17/h1-4,11H,5-9H2,(H,16,17)(H2,14,18,19). The lowest BCUT2D eigenvalue weighted by molar-refractivity contribution is 0.124. The third-order valence-corrected chi connectivity index (χ3v) is 4.59. The summed E-state index contributed by atoms with van der Waals surface area (Å²) >= 11 is 0. The molecule has 0 aliphatic carbocycles. The number of likely N-dealkylation sites (tertiary alicyclic amines) is 1. The number of rotatable bonds is 3. The van der Waals surface area contributed by atoms with Gasteiger partial charge in [0.1, 0.15) is 0 Å². The maximum atomic E-state index is 11.2. The summed E-state index contributed by atoms with van der Waals surface area (Å²) in [5.74, 6) is 0.436. The summed E-state index contributed by atoms with van der Waals surface area (Å²) < 4.78 is 22.3. The number of benzene rings is 1. The summed E-state index contributed by atoms with van der Waals surface area (Å²) in [4.78, 5) is 12.4. The van der Waals surface area contributed by atoms with E-state index in [4.69, 9.17) is 10.2 Å². The van der Waals surface area contributed by atoms with Gasteiger partial charge in [0.15, 0.2) is 0 Å². The zero-order chi connectivity index (χ0) is 14.8. The van der Waals surface area contributed by atoms with Gasteiger partial charge in [-0.2, -0.15) is 0 Å². The Bertz CT molecular complexity index is 575. The van der Waals surface area contributed by atoms with Gasteiger partial charge in [0.05, 0.1) is 4.90 Å². The van der Waals surface area contributed by atoms with Crippen LogP contribution in [0.25, 0.3) is 0 Å². The van der Waals surface area contributed by atoms with Gasteiger partial charge in [-0.1, -0.05) is 12.1 Å². The third-order valence-electron chi connectivity index (χ3n) is 3.66. The number of piperidine rings is 1. The van der Waals surface area contributed by atoms with Gasteiger partial charge in [0, 0.05) is 13.1 Å². The van der Waals surface area contributed by atoms with Crippen molar-refractivity contribution < 1.29 is 18.3 Å². The molecule has 1 fully saturated rings. The smallest absolute Gasteiger partial charge is 0.407 e. The van der Waals surface area contributed by atoms with Crippen LogP contribution >= 0.6 is 0 Å². The Morgan fingerprint density at radius 2 is 1.80 bits per heavy atom. The van der Waals surface area contributed by atoms with Crippen LogP contribution in [0.1, 0.15) is 18.4 Å². The highest BCUT2D eigenvalue weighted by atomic mass is 32.2. The maximum Gasteiger partial charge on any atom is 0.407 e. The molecular weight excluding hydrogens is 280 g/mol. The van der Waals surface area contributed by atoms with Gasteiger partial charge in [0.2, 0.25) is 10.0 Å². The Morgan fingerprint density at radius 1 is 1.25 bits per heavy atom. The van der Waals surface area contributed by atoms with Crippen LogP contribution in [-0.2, 0) is 16.4 Å². The van der Waals surface area contributed by atoms with Crippen molar-refractivity contribution in [3.05, 3.63) is 29.8 Å². The zero-order valence-electron chi connectivity index (χ0n) is 11.0. The molecule has 1 aliphatic rings. The first-order valence-corrected chi connectivity index (χ1v) is 8.00. The highest BCUT2D eigenvalue weighted by Gasteiger charge is 2.22. The van der Waals surface area contributed by atoms with E-state index in [0.717, 1.165) is 24.8 Å². The molecule has 1 amide bonds. The van der Waals surface area contributed by atoms with E-state index in [1.807, 2.05) is 0 Å². The second-order valence-corrected chi connectivity index (χ2v) is 6.67. The number of nitrogens with two attached hydrogens (primary N) is 1. The molecule has 20 heavy (non-hydrogen) atoms. The molecule has 110 valence electrons. The molecule has 1 heterocycles. The van der Waals surface area contributed by atoms with Gasteiger partial charge in [0.25, 0.3) is 0 Å². The van der Waals surface area contributed by atoms with Crippen LogP contribution in [0.2, 0.25) is 0 Å². The van der Waals surface area contributed by atoms with Crippen LogP contribution < -0.4 is 5.14 Å².